The highest BCUT2D eigenvalue weighted by molar-refractivity contribution is 5.94. The summed E-state index contributed by atoms with van der Waals surface area (Å²) in [5.41, 5.74) is 1.62. The Bertz CT molecular complexity index is 442. The number of hydrogen-bond donors (Lipinski definition) is 1. The van der Waals surface area contributed by atoms with Crippen LogP contribution in [0.5, 0.6) is 0 Å². The summed E-state index contributed by atoms with van der Waals surface area (Å²) >= 11 is 0. The molecule has 0 heterocycles. The minimum Gasteiger partial charge on any atom is -0.481 e. The second-order valence-corrected chi connectivity index (χ2v) is 4.45. The number of carbonyl (C=O) groups excluding carboxylic acids is 1. The molecule has 98 valence electrons. The van der Waals surface area contributed by atoms with Crippen molar-refractivity contribution in [1.29, 1.82) is 0 Å². The third-order valence-electron chi connectivity index (χ3n) is 2.85. The van der Waals surface area contributed by atoms with Gasteiger partial charge in [-0.3, -0.25) is 9.59 Å². The standard InChI is InChI=1S/C14H19NO3/c1-4-15(9-11(3)14(17)18)13(16)12-7-5-6-10(2)8-12/h5-8,11H,4,9H2,1-3H3,(H,17,18)/t11-/m0/s1. The lowest BCUT2D eigenvalue weighted by molar-refractivity contribution is -0.141. The van der Waals surface area contributed by atoms with Crippen LogP contribution in [0, 0.1) is 12.8 Å². The molecule has 0 radical (unpaired) electrons. The lowest BCUT2D eigenvalue weighted by Crippen LogP contribution is -2.36. The number of carboxylic acids is 1. The first kappa shape index (κ1) is 14.2. The highest BCUT2D eigenvalue weighted by Gasteiger charge is 2.20. The van der Waals surface area contributed by atoms with Crippen LogP contribution in [-0.2, 0) is 4.79 Å². The fraction of sp³-hybridized carbons (Fsp3) is 0.429. The van der Waals surface area contributed by atoms with Crippen LogP contribution in [0.1, 0.15) is 29.8 Å². The molecule has 1 aromatic rings. The Hall–Kier alpha value is -1.84. The Morgan fingerprint density at radius 3 is 2.56 bits per heavy atom. The molecule has 0 aliphatic rings. The van der Waals surface area contributed by atoms with Crippen LogP contribution < -0.4 is 0 Å². The van der Waals surface area contributed by atoms with Crippen LogP contribution in [0.3, 0.4) is 0 Å². The summed E-state index contributed by atoms with van der Waals surface area (Å²) in [4.78, 5) is 24.6. The van der Waals surface area contributed by atoms with E-state index in [1.807, 2.05) is 32.0 Å². The van der Waals surface area contributed by atoms with Crippen molar-refractivity contribution < 1.29 is 14.7 Å². The van der Waals surface area contributed by atoms with Crippen molar-refractivity contribution in [2.24, 2.45) is 5.92 Å². The molecule has 0 unspecified atom stereocenters. The van der Waals surface area contributed by atoms with Gasteiger partial charge in [-0.2, -0.15) is 0 Å². The molecular formula is C14H19NO3. The van der Waals surface area contributed by atoms with Crippen molar-refractivity contribution in [3.05, 3.63) is 35.4 Å². The molecule has 0 aromatic heterocycles. The molecular weight excluding hydrogens is 230 g/mol. The van der Waals surface area contributed by atoms with Crippen LogP contribution in [0.4, 0.5) is 0 Å². The number of aryl methyl sites for hydroxylation is 1. The molecule has 1 amide bonds. The van der Waals surface area contributed by atoms with E-state index in [0.717, 1.165) is 5.56 Å². The van der Waals surface area contributed by atoms with Gasteiger partial charge in [0.2, 0.25) is 0 Å². The van der Waals surface area contributed by atoms with Gasteiger partial charge in [0.1, 0.15) is 0 Å². The van der Waals surface area contributed by atoms with E-state index < -0.39 is 11.9 Å². The van der Waals surface area contributed by atoms with Gasteiger partial charge in [0.05, 0.1) is 5.92 Å². The number of hydrogen-bond acceptors (Lipinski definition) is 2. The summed E-state index contributed by atoms with van der Waals surface area (Å²) in [5.74, 6) is -1.56. The van der Waals surface area contributed by atoms with Crippen LogP contribution in [0.2, 0.25) is 0 Å². The zero-order valence-corrected chi connectivity index (χ0v) is 11.0. The van der Waals surface area contributed by atoms with Crippen molar-refractivity contribution in [1.82, 2.24) is 4.90 Å². The van der Waals surface area contributed by atoms with Gasteiger partial charge < -0.3 is 10.0 Å². The van der Waals surface area contributed by atoms with Crippen LogP contribution in [0.25, 0.3) is 0 Å². The SMILES string of the molecule is CCN(C[C@H](C)C(=O)O)C(=O)c1cccc(C)c1. The van der Waals surface area contributed by atoms with Gasteiger partial charge in [0.15, 0.2) is 0 Å². The number of carboxylic acid groups (broad SMARTS) is 1. The Labute approximate surface area is 107 Å². The van der Waals surface area contributed by atoms with Gasteiger partial charge in [0.25, 0.3) is 5.91 Å². The van der Waals surface area contributed by atoms with E-state index in [1.165, 1.54) is 0 Å². The monoisotopic (exact) mass is 249 g/mol. The molecule has 0 bridgehead atoms. The van der Waals surface area contributed by atoms with Crippen LogP contribution in [-0.4, -0.2) is 35.0 Å². The van der Waals surface area contributed by atoms with Crippen molar-refractivity contribution in [3.63, 3.8) is 0 Å². The fourth-order valence-corrected chi connectivity index (χ4v) is 1.72. The maximum absolute atomic E-state index is 12.2. The third kappa shape index (κ3) is 3.58. The van der Waals surface area contributed by atoms with E-state index in [-0.39, 0.29) is 12.5 Å². The Kier molecular flexibility index (Phi) is 4.89. The molecule has 18 heavy (non-hydrogen) atoms. The van der Waals surface area contributed by atoms with E-state index in [4.69, 9.17) is 5.11 Å². The number of carbonyl (C=O) groups is 2. The first-order valence-corrected chi connectivity index (χ1v) is 6.04. The van der Waals surface area contributed by atoms with Gasteiger partial charge in [-0.15, -0.1) is 0 Å². The van der Waals surface area contributed by atoms with E-state index in [1.54, 1.807) is 17.9 Å². The quantitative estimate of drug-likeness (QED) is 0.870. The van der Waals surface area contributed by atoms with Crippen molar-refractivity contribution >= 4 is 11.9 Å². The summed E-state index contributed by atoms with van der Waals surface area (Å²) in [5, 5.41) is 8.88. The maximum atomic E-state index is 12.2. The number of rotatable bonds is 5. The Morgan fingerprint density at radius 2 is 2.06 bits per heavy atom. The van der Waals surface area contributed by atoms with Crippen LogP contribution in [0.15, 0.2) is 24.3 Å². The molecule has 0 saturated heterocycles. The van der Waals surface area contributed by atoms with Gasteiger partial charge in [-0.1, -0.05) is 24.6 Å². The average Bonchev–Trinajstić information content (AvgIpc) is 2.34. The molecule has 0 aliphatic carbocycles. The Morgan fingerprint density at radius 1 is 1.39 bits per heavy atom. The average molecular weight is 249 g/mol. The van der Waals surface area contributed by atoms with Gasteiger partial charge >= 0.3 is 5.97 Å². The van der Waals surface area contributed by atoms with Gasteiger partial charge in [0, 0.05) is 18.7 Å². The fourth-order valence-electron chi connectivity index (χ4n) is 1.72. The van der Waals surface area contributed by atoms with Gasteiger partial charge in [-0.25, -0.2) is 0 Å². The molecule has 4 nitrogen and oxygen atoms in total. The molecule has 1 rings (SSSR count). The highest BCUT2D eigenvalue weighted by atomic mass is 16.4. The van der Waals surface area contributed by atoms with Crippen molar-refractivity contribution in [2.45, 2.75) is 20.8 Å². The van der Waals surface area contributed by atoms with Gasteiger partial charge in [-0.05, 0) is 26.0 Å². The zero-order chi connectivity index (χ0) is 13.7. The lowest BCUT2D eigenvalue weighted by atomic mass is 10.1. The van der Waals surface area contributed by atoms with E-state index >= 15 is 0 Å². The highest BCUT2D eigenvalue weighted by Crippen LogP contribution is 2.10. The number of benzene rings is 1. The second-order valence-electron chi connectivity index (χ2n) is 4.45. The molecule has 1 N–H and O–H groups in total. The smallest absolute Gasteiger partial charge is 0.308 e. The predicted octanol–water partition coefficient (Wildman–Crippen LogP) is 2.18. The molecule has 0 saturated carbocycles. The van der Waals surface area contributed by atoms with Crippen LogP contribution >= 0.6 is 0 Å². The number of aliphatic carboxylic acids is 1. The topological polar surface area (TPSA) is 57.6 Å². The zero-order valence-electron chi connectivity index (χ0n) is 11.0. The lowest BCUT2D eigenvalue weighted by Gasteiger charge is -2.23. The molecule has 0 fully saturated rings. The van der Waals surface area contributed by atoms with E-state index in [9.17, 15) is 9.59 Å². The first-order chi connectivity index (χ1) is 8.45. The summed E-state index contributed by atoms with van der Waals surface area (Å²) < 4.78 is 0. The number of nitrogens with zero attached hydrogens (tertiary/aromatic N) is 1. The molecule has 0 spiro atoms. The minimum absolute atomic E-state index is 0.116. The van der Waals surface area contributed by atoms with Crippen molar-refractivity contribution in [2.75, 3.05) is 13.1 Å². The van der Waals surface area contributed by atoms with E-state index in [2.05, 4.69) is 0 Å². The second kappa shape index (κ2) is 6.19. The van der Waals surface area contributed by atoms with Crippen molar-refractivity contribution in [3.8, 4) is 0 Å². The van der Waals surface area contributed by atoms with E-state index in [0.29, 0.717) is 12.1 Å². The summed E-state index contributed by atoms with van der Waals surface area (Å²) in [6.45, 7) is 6.12. The largest absolute Gasteiger partial charge is 0.481 e. The maximum Gasteiger partial charge on any atom is 0.308 e. The molecule has 4 heteroatoms. The third-order valence-corrected chi connectivity index (χ3v) is 2.85. The predicted molar refractivity (Wildman–Crippen MR) is 69.6 cm³/mol. The summed E-state index contributed by atoms with van der Waals surface area (Å²) in [6, 6.07) is 7.32. The molecule has 0 aliphatic heterocycles. The molecule has 1 aromatic carbocycles. The normalized spacial score (nSPS) is 11.9. The summed E-state index contributed by atoms with van der Waals surface area (Å²) in [6.07, 6.45) is 0. The Balaban J connectivity index is 2.82. The number of amides is 1. The first-order valence-electron chi connectivity index (χ1n) is 6.04. The summed E-state index contributed by atoms with van der Waals surface area (Å²) in [7, 11) is 0. The molecule has 1 atom stereocenters. The minimum atomic E-state index is -0.884.